The Kier molecular flexibility index (Phi) is 5.37. The van der Waals surface area contributed by atoms with Gasteiger partial charge in [0, 0.05) is 38.8 Å². The van der Waals surface area contributed by atoms with Gasteiger partial charge in [-0.2, -0.15) is 4.31 Å². The van der Waals surface area contributed by atoms with Crippen molar-refractivity contribution in [2.45, 2.75) is 32.9 Å². The molecule has 1 fully saturated rings. The topological polar surface area (TPSA) is 49.9 Å². The summed E-state index contributed by atoms with van der Waals surface area (Å²) in [6, 6.07) is 0.491. The number of sulfonamides is 1. The van der Waals surface area contributed by atoms with Gasteiger partial charge in [0.05, 0.1) is 12.4 Å². The van der Waals surface area contributed by atoms with E-state index >= 15 is 0 Å². The fourth-order valence-electron chi connectivity index (χ4n) is 2.36. The van der Waals surface area contributed by atoms with Crippen molar-refractivity contribution < 1.29 is 13.2 Å². The van der Waals surface area contributed by atoms with Gasteiger partial charge >= 0.3 is 0 Å². The summed E-state index contributed by atoms with van der Waals surface area (Å²) < 4.78 is 30.4. The molecule has 0 radical (unpaired) electrons. The molecule has 0 aromatic rings. The molecule has 0 N–H and O–H groups in total. The summed E-state index contributed by atoms with van der Waals surface area (Å²) in [4.78, 5) is 2.31. The van der Waals surface area contributed by atoms with Gasteiger partial charge in [-0.05, 0) is 20.8 Å². The second-order valence-corrected chi connectivity index (χ2v) is 6.90. The molecular weight excluding hydrogens is 240 g/mol. The minimum Gasteiger partial charge on any atom is -0.383 e. The van der Waals surface area contributed by atoms with E-state index in [2.05, 4.69) is 18.7 Å². The maximum atomic E-state index is 11.8. The van der Waals surface area contributed by atoms with Crippen LogP contribution in [-0.4, -0.2) is 68.8 Å². The maximum absolute atomic E-state index is 11.8. The molecule has 1 rings (SSSR count). The molecule has 0 aromatic heterocycles. The normalized spacial score (nSPS) is 28.5. The number of nitrogens with zero attached hydrogens (tertiary/aromatic N) is 2. The summed E-state index contributed by atoms with van der Waals surface area (Å²) in [6.45, 7) is 8.57. The summed E-state index contributed by atoms with van der Waals surface area (Å²) in [5.74, 6) is 0.185. The predicted molar refractivity (Wildman–Crippen MR) is 68.5 cm³/mol. The molecule has 0 saturated carbocycles. The molecule has 0 aliphatic carbocycles. The van der Waals surface area contributed by atoms with Crippen LogP contribution in [-0.2, 0) is 14.8 Å². The lowest BCUT2D eigenvalue weighted by molar-refractivity contribution is 0.0496. The van der Waals surface area contributed by atoms with E-state index in [1.54, 1.807) is 18.3 Å². The average molecular weight is 264 g/mol. The van der Waals surface area contributed by atoms with Gasteiger partial charge in [0.2, 0.25) is 10.0 Å². The second-order valence-electron chi connectivity index (χ2n) is 4.65. The van der Waals surface area contributed by atoms with E-state index in [0.29, 0.717) is 19.7 Å². The molecule has 0 amide bonds. The quantitative estimate of drug-likeness (QED) is 0.720. The minimum absolute atomic E-state index is 0.185. The number of ether oxygens (including phenoxy) is 1. The Morgan fingerprint density at radius 3 is 2.18 bits per heavy atom. The van der Waals surface area contributed by atoms with Gasteiger partial charge in [-0.25, -0.2) is 8.42 Å². The van der Waals surface area contributed by atoms with Crippen LogP contribution in [0.5, 0.6) is 0 Å². The van der Waals surface area contributed by atoms with Crippen molar-refractivity contribution in [1.82, 2.24) is 9.21 Å². The largest absolute Gasteiger partial charge is 0.383 e. The molecule has 1 saturated heterocycles. The fraction of sp³-hybridized carbons (Fsp3) is 1.00. The first kappa shape index (κ1) is 14.9. The predicted octanol–water partition coefficient (Wildman–Crippen LogP) is 0.377. The van der Waals surface area contributed by atoms with Crippen molar-refractivity contribution in [3.63, 3.8) is 0 Å². The monoisotopic (exact) mass is 264 g/mol. The molecule has 1 heterocycles. The highest BCUT2D eigenvalue weighted by atomic mass is 32.2. The maximum Gasteiger partial charge on any atom is 0.213 e. The van der Waals surface area contributed by atoms with Crippen molar-refractivity contribution in [2.24, 2.45) is 0 Å². The standard InChI is InChI=1S/C11H24N2O3S/c1-5-17(14,15)12-8-10(2)13(6-7-16-4)11(3)9-12/h10-11H,5-9H2,1-4H3. The lowest BCUT2D eigenvalue weighted by atomic mass is 10.1. The highest BCUT2D eigenvalue weighted by Crippen LogP contribution is 2.18. The summed E-state index contributed by atoms with van der Waals surface area (Å²) in [5, 5.41) is 0. The van der Waals surface area contributed by atoms with Crippen molar-refractivity contribution in [3.05, 3.63) is 0 Å². The molecule has 0 bridgehead atoms. The van der Waals surface area contributed by atoms with Gasteiger partial charge in [0.1, 0.15) is 0 Å². The second kappa shape index (κ2) is 6.13. The van der Waals surface area contributed by atoms with Crippen molar-refractivity contribution in [3.8, 4) is 0 Å². The van der Waals surface area contributed by atoms with E-state index in [0.717, 1.165) is 6.54 Å². The third kappa shape index (κ3) is 3.64. The number of hydrogen-bond acceptors (Lipinski definition) is 4. The molecule has 0 aromatic carbocycles. The Bertz CT molecular complexity index is 320. The van der Waals surface area contributed by atoms with Crippen molar-refractivity contribution in [2.75, 3.05) is 39.1 Å². The Labute approximate surface area is 105 Å². The van der Waals surface area contributed by atoms with Crippen molar-refractivity contribution >= 4 is 10.0 Å². The minimum atomic E-state index is -3.06. The molecule has 102 valence electrons. The Hall–Kier alpha value is -0.170. The molecule has 6 heteroatoms. The lowest BCUT2D eigenvalue weighted by Gasteiger charge is -2.43. The molecule has 17 heavy (non-hydrogen) atoms. The Morgan fingerprint density at radius 2 is 1.76 bits per heavy atom. The van der Waals surface area contributed by atoms with Gasteiger partial charge in [0.15, 0.2) is 0 Å². The molecule has 5 nitrogen and oxygen atoms in total. The van der Waals surface area contributed by atoms with Crippen LogP contribution in [0, 0.1) is 0 Å². The molecule has 2 unspecified atom stereocenters. The van der Waals surface area contributed by atoms with Gasteiger partial charge in [0.25, 0.3) is 0 Å². The van der Waals surface area contributed by atoms with Crippen LogP contribution >= 0.6 is 0 Å². The number of rotatable bonds is 5. The van der Waals surface area contributed by atoms with Crippen LogP contribution < -0.4 is 0 Å². The summed E-state index contributed by atoms with van der Waals surface area (Å²) >= 11 is 0. The highest BCUT2D eigenvalue weighted by molar-refractivity contribution is 7.89. The molecule has 0 spiro atoms. The fourth-order valence-corrected chi connectivity index (χ4v) is 3.61. The van der Waals surface area contributed by atoms with E-state index in [1.807, 2.05) is 0 Å². The van der Waals surface area contributed by atoms with E-state index in [-0.39, 0.29) is 17.8 Å². The Balaban J connectivity index is 2.67. The molecule has 1 aliphatic rings. The van der Waals surface area contributed by atoms with Gasteiger partial charge in [-0.1, -0.05) is 0 Å². The third-order valence-corrected chi connectivity index (χ3v) is 5.19. The highest BCUT2D eigenvalue weighted by Gasteiger charge is 2.33. The van der Waals surface area contributed by atoms with Crippen LogP contribution in [0.1, 0.15) is 20.8 Å². The van der Waals surface area contributed by atoms with Crippen LogP contribution in [0.4, 0.5) is 0 Å². The smallest absolute Gasteiger partial charge is 0.213 e. The van der Waals surface area contributed by atoms with Crippen molar-refractivity contribution in [1.29, 1.82) is 0 Å². The molecule has 1 aliphatic heterocycles. The van der Waals surface area contributed by atoms with Gasteiger partial charge < -0.3 is 4.74 Å². The van der Waals surface area contributed by atoms with Crippen LogP contribution in [0.25, 0.3) is 0 Å². The Morgan fingerprint density at radius 1 is 1.24 bits per heavy atom. The summed E-state index contributed by atoms with van der Waals surface area (Å²) in [7, 11) is -1.37. The van der Waals surface area contributed by atoms with E-state index in [4.69, 9.17) is 4.74 Å². The van der Waals surface area contributed by atoms with E-state index in [1.165, 1.54) is 0 Å². The summed E-state index contributed by atoms with van der Waals surface area (Å²) in [6.07, 6.45) is 0. The summed E-state index contributed by atoms with van der Waals surface area (Å²) in [5.41, 5.74) is 0. The van der Waals surface area contributed by atoms with Crippen LogP contribution in [0.2, 0.25) is 0 Å². The molecular formula is C11H24N2O3S. The first-order chi connectivity index (χ1) is 7.92. The van der Waals surface area contributed by atoms with Crippen LogP contribution in [0.3, 0.4) is 0 Å². The zero-order chi connectivity index (χ0) is 13.1. The van der Waals surface area contributed by atoms with E-state index < -0.39 is 10.0 Å². The SMILES string of the molecule is CCS(=O)(=O)N1CC(C)N(CCOC)C(C)C1. The number of hydrogen-bond donors (Lipinski definition) is 0. The third-order valence-electron chi connectivity index (χ3n) is 3.38. The first-order valence-electron chi connectivity index (χ1n) is 6.14. The number of methoxy groups -OCH3 is 1. The average Bonchev–Trinajstić information content (AvgIpc) is 2.28. The molecule has 2 atom stereocenters. The zero-order valence-corrected chi connectivity index (χ0v) is 12.0. The lowest BCUT2D eigenvalue weighted by Crippen LogP contribution is -2.58. The zero-order valence-electron chi connectivity index (χ0n) is 11.2. The first-order valence-corrected chi connectivity index (χ1v) is 7.75. The van der Waals surface area contributed by atoms with Gasteiger partial charge in [-0.3, -0.25) is 4.90 Å². The van der Waals surface area contributed by atoms with Crippen LogP contribution in [0.15, 0.2) is 0 Å². The van der Waals surface area contributed by atoms with E-state index in [9.17, 15) is 8.42 Å². The van der Waals surface area contributed by atoms with Gasteiger partial charge in [-0.15, -0.1) is 0 Å². The number of piperazine rings is 1.